The highest BCUT2D eigenvalue weighted by atomic mass is 16.1. The molecule has 1 N–H and O–H groups in total. The molecule has 6 nitrogen and oxygen atoms in total. The van der Waals surface area contributed by atoms with Gasteiger partial charge in [0.1, 0.15) is 11.5 Å². The van der Waals surface area contributed by atoms with E-state index in [4.69, 9.17) is 0 Å². The Morgan fingerprint density at radius 3 is 2.65 bits per heavy atom. The average Bonchev–Trinajstić information content (AvgIpc) is 3.01. The van der Waals surface area contributed by atoms with Gasteiger partial charge < -0.3 is 9.55 Å². The van der Waals surface area contributed by atoms with Gasteiger partial charge in [-0.15, -0.1) is 0 Å². The van der Waals surface area contributed by atoms with Crippen LogP contribution in [0, 0.1) is 13.8 Å². The van der Waals surface area contributed by atoms with Gasteiger partial charge in [0.05, 0.1) is 10.9 Å². The predicted molar refractivity (Wildman–Crippen MR) is 90.5 cm³/mol. The summed E-state index contributed by atoms with van der Waals surface area (Å²) < 4.78 is 3.71. The Hall–Kier alpha value is -2.89. The molecular formula is C17H17N5O. The van der Waals surface area contributed by atoms with Crippen molar-refractivity contribution < 1.29 is 0 Å². The number of nitrogens with one attached hydrogen (secondary N) is 1. The third-order valence-corrected chi connectivity index (χ3v) is 4.31. The van der Waals surface area contributed by atoms with Gasteiger partial charge in [0.2, 0.25) is 0 Å². The van der Waals surface area contributed by atoms with E-state index in [9.17, 15) is 4.79 Å². The van der Waals surface area contributed by atoms with Crippen molar-refractivity contribution >= 4 is 21.9 Å². The van der Waals surface area contributed by atoms with Gasteiger partial charge in [-0.05, 0) is 31.0 Å². The zero-order chi connectivity index (χ0) is 16.3. The minimum absolute atomic E-state index is 0.103. The number of H-pyrrole nitrogens is 1. The summed E-state index contributed by atoms with van der Waals surface area (Å²) in [6.45, 7) is 3.86. The molecule has 0 unspecified atom stereocenters. The highest BCUT2D eigenvalue weighted by Gasteiger charge is 2.17. The molecule has 0 saturated heterocycles. The lowest BCUT2D eigenvalue weighted by Gasteiger charge is -2.05. The normalized spacial score (nSPS) is 11.7. The van der Waals surface area contributed by atoms with Gasteiger partial charge in [0, 0.05) is 37.4 Å². The third-order valence-electron chi connectivity index (χ3n) is 4.31. The Morgan fingerprint density at radius 2 is 1.87 bits per heavy atom. The quantitative estimate of drug-likeness (QED) is 0.587. The molecule has 0 bridgehead atoms. The lowest BCUT2D eigenvalue weighted by atomic mass is 9.98. The number of aromatic amines is 1. The number of fused-ring (bicyclic) bond motifs is 2. The zero-order valence-corrected chi connectivity index (χ0v) is 13.5. The number of aromatic nitrogens is 5. The van der Waals surface area contributed by atoms with E-state index in [1.165, 1.54) is 0 Å². The van der Waals surface area contributed by atoms with Crippen LogP contribution in [0.15, 0.2) is 29.3 Å². The van der Waals surface area contributed by atoms with Gasteiger partial charge in [-0.25, -0.2) is 4.98 Å². The summed E-state index contributed by atoms with van der Waals surface area (Å²) in [5.74, 6) is 0.620. The van der Waals surface area contributed by atoms with E-state index in [0.717, 1.165) is 27.6 Å². The molecule has 3 aromatic heterocycles. The topological polar surface area (TPSA) is 68.5 Å². The van der Waals surface area contributed by atoms with Crippen LogP contribution in [0.1, 0.15) is 11.4 Å². The van der Waals surface area contributed by atoms with Crippen molar-refractivity contribution in [2.24, 2.45) is 14.1 Å². The molecule has 4 rings (SSSR count). The minimum atomic E-state index is -0.103. The summed E-state index contributed by atoms with van der Waals surface area (Å²) in [5, 5.41) is 6.16. The molecule has 0 spiro atoms. The second kappa shape index (κ2) is 4.55. The van der Waals surface area contributed by atoms with Crippen molar-refractivity contribution in [1.82, 2.24) is 24.3 Å². The van der Waals surface area contributed by atoms with Gasteiger partial charge in [-0.2, -0.15) is 5.10 Å². The molecule has 0 atom stereocenters. The van der Waals surface area contributed by atoms with Crippen LogP contribution in [-0.2, 0) is 14.1 Å². The first-order valence-corrected chi connectivity index (χ1v) is 7.45. The number of nitrogens with zero attached hydrogens (tertiary/aromatic N) is 4. The number of hydrogen-bond donors (Lipinski definition) is 1. The number of rotatable bonds is 1. The molecule has 0 aliphatic carbocycles. The number of hydrogen-bond acceptors (Lipinski definition) is 3. The highest BCUT2D eigenvalue weighted by Crippen LogP contribution is 2.33. The van der Waals surface area contributed by atoms with Crippen molar-refractivity contribution in [1.29, 1.82) is 0 Å². The van der Waals surface area contributed by atoms with E-state index in [2.05, 4.69) is 22.0 Å². The largest absolute Gasteiger partial charge is 0.335 e. The SMILES string of the molecule is Cc1nc2c(c(-c3ccc4nn(C)cc4c3C)cn2C)c(=O)[nH]1. The summed E-state index contributed by atoms with van der Waals surface area (Å²) in [6.07, 6.45) is 3.98. The first-order valence-electron chi connectivity index (χ1n) is 7.45. The first-order chi connectivity index (χ1) is 11.0. The molecule has 0 saturated carbocycles. The monoisotopic (exact) mass is 307 g/mol. The molecule has 0 fully saturated rings. The second-order valence-corrected chi connectivity index (χ2v) is 5.98. The van der Waals surface area contributed by atoms with E-state index in [1.807, 2.05) is 47.9 Å². The molecule has 3 heterocycles. The van der Waals surface area contributed by atoms with Crippen LogP contribution in [0.4, 0.5) is 0 Å². The maximum atomic E-state index is 12.5. The van der Waals surface area contributed by atoms with Crippen LogP contribution in [0.5, 0.6) is 0 Å². The lowest BCUT2D eigenvalue weighted by molar-refractivity contribution is 0.779. The fourth-order valence-electron chi connectivity index (χ4n) is 3.23. The molecule has 0 amide bonds. The van der Waals surface area contributed by atoms with Crippen LogP contribution in [-0.4, -0.2) is 24.3 Å². The third kappa shape index (κ3) is 1.91. The van der Waals surface area contributed by atoms with Crippen LogP contribution in [0.3, 0.4) is 0 Å². The number of benzene rings is 1. The fourth-order valence-corrected chi connectivity index (χ4v) is 3.23. The van der Waals surface area contributed by atoms with E-state index >= 15 is 0 Å². The van der Waals surface area contributed by atoms with E-state index in [-0.39, 0.29) is 5.56 Å². The summed E-state index contributed by atoms with van der Waals surface area (Å²) in [5.41, 5.74) is 4.60. The summed E-state index contributed by atoms with van der Waals surface area (Å²) in [7, 11) is 3.82. The number of aryl methyl sites for hydroxylation is 4. The van der Waals surface area contributed by atoms with Gasteiger partial charge in [0.15, 0.2) is 0 Å². The standard InChI is InChI=1S/C17H17N5O/c1-9-11(5-6-14-12(9)8-22(4)20-14)13-7-21(3)16-15(13)17(23)19-10(2)18-16/h5-8H,1-4H3,(H,18,19,23). The van der Waals surface area contributed by atoms with E-state index < -0.39 is 0 Å². The molecule has 6 heteroatoms. The Balaban J connectivity index is 2.11. The molecule has 1 aromatic carbocycles. The van der Waals surface area contributed by atoms with Crippen LogP contribution in [0.25, 0.3) is 33.1 Å². The maximum absolute atomic E-state index is 12.5. The lowest BCUT2D eigenvalue weighted by Crippen LogP contribution is -2.10. The molecule has 0 aliphatic heterocycles. The second-order valence-electron chi connectivity index (χ2n) is 5.98. The van der Waals surface area contributed by atoms with Crippen molar-refractivity contribution in [2.75, 3.05) is 0 Å². The van der Waals surface area contributed by atoms with E-state index in [0.29, 0.717) is 16.9 Å². The zero-order valence-electron chi connectivity index (χ0n) is 13.5. The van der Waals surface area contributed by atoms with Gasteiger partial charge in [0.25, 0.3) is 5.56 Å². The minimum Gasteiger partial charge on any atom is -0.335 e. The van der Waals surface area contributed by atoms with Crippen molar-refractivity contribution in [3.63, 3.8) is 0 Å². The Labute approximate surface area is 132 Å². The van der Waals surface area contributed by atoms with Gasteiger partial charge >= 0.3 is 0 Å². The van der Waals surface area contributed by atoms with Crippen molar-refractivity contribution in [2.45, 2.75) is 13.8 Å². The smallest absolute Gasteiger partial charge is 0.261 e. The molecule has 4 aromatic rings. The van der Waals surface area contributed by atoms with Crippen molar-refractivity contribution in [3.8, 4) is 11.1 Å². The highest BCUT2D eigenvalue weighted by molar-refractivity contribution is 5.98. The van der Waals surface area contributed by atoms with Crippen LogP contribution < -0.4 is 5.56 Å². The van der Waals surface area contributed by atoms with Gasteiger partial charge in [-0.3, -0.25) is 9.48 Å². The Morgan fingerprint density at radius 1 is 1.09 bits per heavy atom. The molecule has 23 heavy (non-hydrogen) atoms. The first kappa shape index (κ1) is 13.8. The average molecular weight is 307 g/mol. The summed E-state index contributed by atoms with van der Waals surface area (Å²) in [6, 6.07) is 4.02. The molecule has 116 valence electrons. The Kier molecular flexibility index (Phi) is 2.72. The van der Waals surface area contributed by atoms with Crippen molar-refractivity contribution in [3.05, 3.63) is 46.3 Å². The molecule has 0 aliphatic rings. The van der Waals surface area contributed by atoms with Gasteiger partial charge in [-0.1, -0.05) is 6.07 Å². The maximum Gasteiger partial charge on any atom is 0.261 e. The summed E-state index contributed by atoms with van der Waals surface area (Å²) >= 11 is 0. The Bertz CT molecular complexity index is 1130. The van der Waals surface area contributed by atoms with E-state index in [1.54, 1.807) is 6.92 Å². The van der Waals surface area contributed by atoms with Crippen LogP contribution >= 0.6 is 0 Å². The molecule has 0 radical (unpaired) electrons. The molecular weight excluding hydrogens is 290 g/mol. The predicted octanol–water partition coefficient (Wildman–Crippen LogP) is 2.43. The van der Waals surface area contributed by atoms with Crippen LogP contribution in [0.2, 0.25) is 0 Å². The summed E-state index contributed by atoms with van der Waals surface area (Å²) in [4.78, 5) is 19.7. The fraction of sp³-hybridized carbons (Fsp3) is 0.235.